The number of likely N-dealkylation sites (N-methyl/N-ethyl adjacent to an activating group) is 1. The molecule has 0 bridgehead atoms. The second-order valence-electron chi connectivity index (χ2n) is 5.75. The highest BCUT2D eigenvalue weighted by atomic mass is 16.2. The molecule has 1 aliphatic heterocycles. The predicted octanol–water partition coefficient (Wildman–Crippen LogP) is 2.00. The van der Waals surface area contributed by atoms with Crippen molar-refractivity contribution in [1.82, 2.24) is 10.2 Å². The summed E-state index contributed by atoms with van der Waals surface area (Å²) in [6.07, 6.45) is 5.80. The van der Waals surface area contributed by atoms with E-state index in [1.54, 1.807) is 0 Å². The van der Waals surface area contributed by atoms with Gasteiger partial charge in [0.2, 0.25) is 0 Å². The summed E-state index contributed by atoms with van der Waals surface area (Å²) in [5.41, 5.74) is 3.66. The zero-order valence-corrected chi connectivity index (χ0v) is 11.6. The van der Waals surface area contributed by atoms with Crippen molar-refractivity contribution in [2.24, 2.45) is 0 Å². The van der Waals surface area contributed by atoms with Crippen LogP contribution in [0.3, 0.4) is 0 Å². The monoisotopic (exact) mass is 258 g/mol. The van der Waals surface area contributed by atoms with Gasteiger partial charge in [-0.05, 0) is 61.9 Å². The third kappa shape index (κ3) is 2.52. The summed E-state index contributed by atoms with van der Waals surface area (Å²) < 4.78 is 0. The number of rotatable bonds is 2. The van der Waals surface area contributed by atoms with E-state index in [1.807, 2.05) is 18.0 Å². The van der Waals surface area contributed by atoms with E-state index in [0.29, 0.717) is 6.04 Å². The van der Waals surface area contributed by atoms with Gasteiger partial charge in [0.05, 0.1) is 0 Å². The highest BCUT2D eigenvalue weighted by Gasteiger charge is 2.23. The van der Waals surface area contributed by atoms with E-state index in [0.717, 1.165) is 37.9 Å². The number of hydrogen-bond acceptors (Lipinski definition) is 2. The van der Waals surface area contributed by atoms with Crippen molar-refractivity contribution in [3.05, 3.63) is 34.9 Å². The molecule has 0 radical (unpaired) electrons. The number of piperidine rings is 1. The Kier molecular flexibility index (Phi) is 3.56. The second kappa shape index (κ2) is 5.33. The molecule has 3 rings (SSSR count). The number of benzene rings is 1. The highest BCUT2D eigenvalue weighted by Crippen LogP contribution is 2.23. The topological polar surface area (TPSA) is 32.3 Å². The van der Waals surface area contributed by atoms with Gasteiger partial charge in [-0.25, -0.2) is 0 Å². The van der Waals surface area contributed by atoms with Crippen LogP contribution in [0.4, 0.5) is 0 Å². The van der Waals surface area contributed by atoms with Gasteiger partial charge in [-0.15, -0.1) is 0 Å². The number of hydrogen-bond donors (Lipinski definition) is 1. The van der Waals surface area contributed by atoms with Gasteiger partial charge in [-0.2, -0.15) is 0 Å². The summed E-state index contributed by atoms with van der Waals surface area (Å²) in [4.78, 5) is 14.5. The Bertz CT molecular complexity index is 478. The Hall–Kier alpha value is -1.35. The SMILES string of the molecule is CN(C(=O)c1ccc2c(c1)CCC2)C1CCCNC1. The molecule has 1 aromatic carbocycles. The molecular weight excluding hydrogens is 236 g/mol. The van der Waals surface area contributed by atoms with E-state index >= 15 is 0 Å². The quantitative estimate of drug-likeness (QED) is 0.880. The molecule has 1 heterocycles. The Balaban J connectivity index is 1.75. The summed E-state index contributed by atoms with van der Waals surface area (Å²) in [5.74, 6) is 0.170. The van der Waals surface area contributed by atoms with Crippen LogP contribution in [0.15, 0.2) is 18.2 Å². The van der Waals surface area contributed by atoms with Gasteiger partial charge in [0.25, 0.3) is 5.91 Å². The average Bonchev–Trinajstić information content (AvgIpc) is 2.94. The fourth-order valence-corrected chi connectivity index (χ4v) is 3.24. The zero-order valence-electron chi connectivity index (χ0n) is 11.6. The molecule has 1 N–H and O–H groups in total. The van der Waals surface area contributed by atoms with E-state index in [4.69, 9.17) is 0 Å². The Labute approximate surface area is 115 Å². The number of fused-ring (bicyclic) bond motifs is 1. The molecule has 102 valence electrons. The number of carbonyl (C=O) groups excluding carboxylic acids is 1. The van der Waals surface area contributed by atoms with E-state index in [-0.39, 0.29) is 5.91 Å². The van der Waals surface area contributed by atoms with Gasteiger partial charge in [0.15, 0.2) is 0 Å². The summed E-state index contributed by atoms with van der Waals surface area (Å²) in [6, 6.07) is 6.59. The van der Waals surface area contributed by atoms with Crippen molar-refractivity contribution in [3.63, 3.8) is 0 Å². The molecule has 1 fully saturated rings. The first-order chi connectivity index (χ1) is 9.25. The Morgan fingerprint density at radius 2 is 2.11 bits per heavy atom. The molecule has 0 saturated carbocycles. The third-order valence-corrected chi connectivity index (χ3v) is 4.48. The van der Waals surface area contributed by atoms with E-state index in [9.17, 15) is 4.79 Å². The molecular formula is C16H22N2O. The summed E-state index contributed by atoms with van der Waals surface area (Å²) in [7, 11) is 1.94. The largest absolute Gasteiger partial charge is 0.337 e. The van der Waals surface area contributed by atoms with Crippen LogP contribution < -0.4 is 5.32 Å². The van der Waals surface area contributed by atoms with Crippen molar-refractivity contribution in [2.45, 2.75) is 38.1 Å². The number of amides is 1. The van der Waals surface area contributed by atoms with Crippen molar-refractivity contribution in [3.8, 4) is 0 Å². The second-order valence-corrected chi connectivity index (χ2v) is 5.75. The number of nitrogens with zero attached hydrogens (tertiary/aromatic N) is 1. The van der Waals surface area contributed by atoms with E-state index in [2.05, 4.69) is 17.4 Å². The van der Waals surface area contributed by atoms with Crippen molar-refractivity contribution in [2.75, 3.05) is 20.1 Å². The van der Waals surface area contributed by atoms with Crippen LogP contribution in [0.1, 0.15) is 40.7 Å². The first-order valence-electron chi connectivity index (χ1n) is 7.35. The summed E-state index contributed by atoms with van der Waals surface area (Å²) in [5, 5.41) is 3.37. The van der Waals surface area contributed by atoms with Crippen LogP contribution in [0.25, 0.3) is 0 Å². The fraction of sp³-hybridized carbons (Fsp3) is 0.562. The van der Waals surface area contributed by atoms with Gasteiger partial charge < -0.3 is 10.2 Å². The van der Waals surface area contributed by atoms with Crippen LogP contribution in [-0.2, 0) is 12.8 Å². The van der Waals surface area contributed by atoms with Crippen molar-refractivity contribution < 1.29 is 4.79 Å². The molecule has 19 heavy (non-hydrogen) atoms. The molecule has 1 amide bonds. The first kappa shape index (κ1) is 12.7. The lowest BCUT2D eigenvalue weighted by molar-refractivity contribution is 0.0708. The molecule has 3 nitrogen and oxygen atoms in total. The average molecular weight is 258 g/mol. The lowest BCUT2D eigenvalue weighted by atomic mass is 10.0. The maximum atomic E-state index is 12.5. The molecule has 2 aliphatic rings. The van der Waals surface area contributed by atoms with Gasteiger partial charge in [-0.3, -0.25) is 4.79 Å². The number of carbonyl (C=O) groups is 1. The number of nitrogens with one attached hydrogen (secondary N) is 1. The normalized spacial score (nSPS) is 22.1. The molecule has 1 aliphatic carbocycles. The predicted molar refractivity (Wildman–Crippen MR) is 76.5 cm³/mol. The summed E-state index contributed by atoms with van der Waals surface area (Å²) in [6.45, 7) is 2.00. The zero-order chi connectivity index (χ0) is 13.2. The smallest absolute Gasteiger partial charge is 0.253 e. The third-order valence-electron chi connectivity index (χ3n) is 4.48. The van der Waals surface area contributed by atoms with Crippen LogP contribution in [0.5, 0.6) is 0 Å². The molecule has 1 unspecified atom stereocenters. The van der Waals surface area contributed by atoms with Crippen LogP contribution >= 0.6 is 0 Å². The van der Waals surface area contributed by atoms with Gasteiger partial charge in [-0.1, -0.05) is 6.07 Å². The van der Waals surface area contributed by atoms with Crippen LogP contribution in [-0.4, -0.2) is 37.0 Å². The summed E-state index contributed by atoms with van der Waals surface area (Å²) >= 11 is 0. The minimum absolute atomic E-state index is 0.170. The lowest BCUT2D eigenvalue weighted by Crippen LogP contribution is -2.46. The van der Waals surface area contributed by atoms with Gasteiger partial charge >= 0.3 is 0 Å². The molecule has 0 spiro atoms. The standard InChI is InChI=1S/C16H22N2O/c1-18(15-6-3-9-17-11-15)16(19)14-8-7-12-4-2-5-13(12)10-14/h7-8,10,15,17H,2-6,9,11H2,1H3. The minimum atomic E-state index is 0.170. The molecule has 1 saturated heterocycles. The van der Waals surface area contributed by atoms with Crippen molar-refractivity contribution >= 4 is 5.91 Å². The maximum Gasteiger partial charge on any atom is 0.253 e. The lowest BCUT2D eigenvalue weighted by Gasteiger charge is -2.31. The molecule has 3 heteroatoms. The van der Waals surface area contributed by atoms with Crippen molar-refractivity contribution in [1.29, 1.82) is 0 Å². The van der Waals surface area contributed by atoms with Gasteiger partial charge in [0.1, 0.15) is 0 Å². The maximum absolute atomic E-state index is 12.5. The molecule has 0 aromatic heterocycles. The number of aryl methyl sites for hydroxylation is 2. The van der Waals surface area contributed by atoms with Crippen LogP contribution in [0.2, 0.25) is 0 Å². The highest BCUT2D eigenvalue weighted by molar-refractivity contribution is 5.94. The molecule has 1 atom stereocenters. The Morgan fingerprint density at radius 3 is 2.89 bits per heavy atom. The Morgan fingerprint density at radius 1 is 1.26 bits per heavy atom. The molecule has 1 aromatic rings. The van der Waals surface area contributed by atoms with Crippen LogP contribution in [0, 0.1) is 0 Å². The first-order valence-corrected chi connectivity index (χ1v) is 7.35. The fourth-order valence-electron chi connectivity index (χ4n) is 3.24. The van der Waals surface area contributed by atoms with E-state index < -0.39 is 0 Å². The van der Waals surface area contributed by atoms with E-state index in [1.165, 1.54) is 24.0 Å². The minimum Gasteiger partial charge on any atom is -0.337 e. The van der Waals surface area contributed by atoms with Gasteiger partial charge in [0, 0.05) is 25.2 Å².